The summed E-state index contributed by atoms with van der Waals surface area (Å²) < 4.78 is 9.96. The molecule has 0 radical (unpaired) electrons. The molecule has 1 heterocycles. The fraction of sp³-hybridized carbons (Fsp3) is 0.250. The van der Waals surface area contributed by atoms with Gasteiger partial charge in [0.25, 0.3) is 0 Å². The van der Waals surface area contributed by atoms with Gasteiger partial charge in [0.2, 0.25) is 0 Å². The van der Waals surface area contributed by atoms with E-state index >= 15 is 0 Å². The summed E-state index contributed by atoms with van der Waals surface area (Å²) in [5.74, 6) is -0.231. The zero-order valence-electron chi connectivity index (χ0n) is 11.7. The van der Waals surface area contributed by atoms with Crippen LogP contribution in [0, 0.1) is 0 Å². The van der Waals surface area contributed by atoms with Crippen molar-refractivity contribution in [3.05, 3.63) is 59.8 Å². The Bertz CT molecular complexity index is 604. The number of hydrogen-bond acceptors (Lipinski definition) is 5. The van der Waals surface area contributed by atoms with Gasteiger partial charge >= 0.3 is 5.97 Å². The molecule has 1 N–H and O–H groups in total. The van der Waals surface area contributed by atoms with E-state index < -0.39 is 12.1 Å². The molecule has 0 aliphatic carbocycles. The predicted molar refractivity (Wildman–Crippen MR) is 77.6 cm³/mol. The first-order valence-corrected chi connectivity index (χ1v) is 6.72. The molecule has 0 bridgehead atoms. The second kappa shape index (κ2) is 7.40. The van der Waals surface area contributed by atoms with Crippen LogP contribution in [0.5, 0.6) is 0 Å². The van der Waals surface area contributed by atoms with Gasteiger partial charge in [0.1, 0.15) is 6.26 Å². The molecule has 5 nitrogen and oxygen atoms in total. The van der Waals surface area contributed by atoms with Crippen LogP contribution in [0.4, 0.5) is 0 Å². The Morgan fingerprint density at radius 2 is 2.19 bits per heavy atom. The van der Waals surface area contributed by atoms with Gasteiger partial charge in [0.05, 0.1) is 19.1 Å². The fourth-order valence-electron chi connectivity index (χ4n) is 1.74. The summed E-state index contributed by atoms with van der Waals surface area (Å²) in [7, 11) is 0. The molecule has 0 aliphatic heterocycles. The number of carbonyl (C=O) groups is 1. The molecule has 0 saturated heterocycles. The Kier molecular flexibility index (Phi) is 5.29. The topological polar surface area (TPSA) is 72.6 Å². The van der Waals surface area contributed by atoms with E-state index in [4.69, 9.17) is 9.15 Å². The van der Waals surface area contributed by atoms with Crippen LogP contribution >= 0.6 is 0 Å². The molecule has 110 valence electrons. The zero-order valence-corrected chi connectivity index (χ0v) is 11.7. The summed E-state index contributed by atoms with van der Waals surface area (Å²) in [5, 5.41) is 9.91. The zero-order chi connectivity index (χ0) is 15.1. The summed E-state index contributed by atoms with van der Waals surface area (Å²) in [6.45, 7) is 2.00. The molecule has 0 amide bonds. The first-order valence-electron chi connectivity index (χ1n) is 6.72. The molecule has 0 saturated carbocycles. The van der Waals surface area contributed by atoms with E-state index in [2.05, 4.69) is 4.98 Å². The van der Waals surface area contributed by atoms with Crippen LogP contribution in [-0.4, -0.2) is 28.8 Å². The van der Waals surface area contributed by atoms with Crippen molar-refractivity contribution in [3.63, 3.8) is 0 Å². The van der Waals surface area contributed by atoms with Gasteiger partial charge in [-0.15, -0.1) is 0 Å². The summed E-state index contributed by atoms with van der Waals surface area (Å²) in [5.41, 5.74) is 1.11. The van der Waals surface area contributed by atoms with Crippen molar-refractivity contribution in [1.82, 2.24) is 4.98 Å². The Balaban J connectivity index is 1.92. The van der Waals surface area contributed by atoms with Crippen molar-refractivity contribution in [2.45, 2.75) is 19.4 Å². The number of esters is 1. The van der Waals surface area contributed by atoms with Crippen molar-refractivity contribution in [2.75, 3.05) is 6.61 Å². The lowest BCUT2D eigenvalue weighted by molar-refractivity contribution is 0.0519. The summed E-state index contributed by atoms with van der Waals surface area (Å²) in [6, 6.07) is 9.65. The van der Waals surface area contributed by atoms with Crippen molar-refractivity contribution < 1.29 is 19.1 Å². The SMILES string of the molecule is CCOC(=O)c1coc(CC(O)/C=C/c2ccccc2)n1. The lowest BCUT2D eigenvalue weighted by Gasteiger charge is -2.01. The minimum atomic E-state index is -0.737. The van der Waals surface area contributed by atoms with Crippen LogP contribution in [0.15, 0.2) is 47.1 Å². The standard InChI is InChI=1S/C16H17NO4/c1-2-20-16(19)14-11-21-15(17-14)10-13(18)9-8-12-6-4-3-5-7-12/h3-9,11,13,18H,2,10H2,1H3/b9-8+. The van der Waals surface area contributed by atoms with Gasteiger partial charge < -0.3 is 14.3 Å². The molecule has 0 aliphatic rings. The van der Waals surface area contributed by atoms with Crippen molar-refractivity contribution in [2.24, 2.45) is 0 Å². The first-order chi connectivity index (χ1) is 10.2. The van der Waals surface area contributed by atoms with E-state index in [1.165, 1.54) is 6.26 Å². The lowest BCUT2D eigenvalue weighted by Crippen LogP contribution is -2.08. The van der Waals surface area contributed by atoms with Crippen LogP contribution in [-0.2, 0) is 11.2 Å². The van der Waals surface area contributed by atoms with Gasteiger partial charge in [-0.25, -0.2) is 9.78 Å². The maximum atomic E-state index is 11.4. The molecule has 1 aromatic heterocycles. The molecule has 5 heteroatoms. The highest BCUT2D eigenvalue weighted by molar-refractivity contribution is 5.86. The van der Waals surface area contributed by atoms with Crippen LogP contribution in [0.3, 0.4) is 0 Å². The third kappa shape index (κ3) is 4.57. The number of aliphatic hydroxyl groups excluding tert-OH is 1. The second-order valence-electron chi connectivity index (χ2n) is 4.39. The van der Waals surface area contributed by atoms with Crippen LogP contribution < -0.4 is 0 Å². The average Bonchev–Trinajstić information content (AvgIpc) is 2.95. The Hall–Kier alpha value is -2.40. The lowest BCUT2D eigenvalue weighted by atomic mass is 10.1. The Labute approximate surface area is 122 Å². The number of nitrogens with zero attached hydrogens (tertiary/aromatic N) is 1. The van der Waals surface area contributed by atoms with Gasteiger partial charge in [0.15, 0.2) is 11.6 Å². The number of aliphatic hydroxyl groups is 1. The van der Waals surface area contributed by atoms with E-state index in [-0.39, 0.29) is 18.7 Å². The highest BCUT2D eigenvalue weighted by atomic mass is 16.5. The fourth-order valence-corrected chi connectivity index (χ4v) is 1.74. The molecule has 1 atom stereocenters. The number of carbonyl (C=O) groups excluding carboxylic acids is 1. The molecule has 1 aromatic carbocycles. The van der Waals surface area contributed by atoms with Crippen LogP contribution in [0.25, 0.3) is 6.08 Å². The summed E-state index contributed by atoms with van der Waals surface area (Å²) in [6.07, 6.45) is 4.17. The number of hydrogen-bond donors (Lipinski definition) is 1. The van der Waals surface area contributed by atoms with E-state index in [0.717, 1.165) is 5.56 Å². The van der Waals surface area contributed by atoms with Gasteiger partial charge in [0, 0.05) is 0 Å². The molecule has 1 unspecified atom stereocenters. The summed E-state index contributed by atoms with van der Waals surface area (Å²) in [4.78, 5) is 15.4. The van der Waals surface area contributed by atoms with Crippen molar-refractivity contribution >= 4 is 12.0 Å². The van der Waals surface area contributed by atoms with E-state index in [9.17, 15) is 9.90 Å². The van der Waals surface area contributed by atoms with Gasteiger partial charge in [-0.1, -0.05) is 42.5 Å². The molecule has 2 aromatic rings. The van der Waals surface area contributed by atoms with E-state index in [0.29, 0.717) is 5.89 Å². The average molecular weight is 287 g/mol. The van der Waals surface area contributed by atoms with Crippen LogP contribution in [0.1, 0.15) is 28.9 Å². The molecule has 2 rings (SSSR count). The van der Waals surface area contributed by atoms with Crippen molar-refractivity contribution in [1.29, 1.82) is 0 Å². The minimum Gasteiger partial charge on any atom is -0.461 e. The van der Waals surface area contributed by atoms with E-state index in [1.807, 2.05) is 36.4 Å². The molecule has 0 fully saturated rings. The van der Waals surface area contributed by atoms with E-state index in [1.54, 1.807) is 13.0 Å². The normalized spacial score (nSPS) is 12.5. The van der Waals surface area contributed by atoms with Crippen molar-refractivity contribution in [3.8, 4) is 0 Å². The summed E-state index contributed by atoms with van der Waals surface area (Å²) >= 11 is 0. The number of ether oxygens (including phenoxy) is 1. The highest BCUT2D eigenvalue weighted by Crippen LogP contribution is 2.09. The molecular formula is C16H17NO4. The molecule has 0 spiro atoms. The van der Waals surface area contributed by atoms with Gasteiger partial charge in [-0.3, -0.25) is 0 Å². The molecular weight excluding hydrogens is 270 g/mol. The molecule has 21 heavy (non-hydrogen) atoms. The van der Waals surface area contributed by atoms with Gasteiger partial charge in [-0.2, -0.15) is 0 Å². The van der Waals surface area contributed by atoms with Crippen LogP contribution in [0.2, 0.25) is 0 Å². The Morgan fingerprint density at radius 3 is 2.90 bits per heavy atom. The largest absolute Gasteiger partial charge is 0.461 e. The number of oxazole rings is 1. The predicted octanol–water partition coefficient (Wildman–Crippen LogP) is 2.47. The maximum absolute atomic E-state index is 11.4. The third-order valence-electron chi connectivity index (χ3n) is 2.73. The number of aromatic nitrogens is 1. The third-order valence-corrected chi connectivity index (χ3v) is 2.73. The smallest absolute Gasteiger partial charge is 0.360 e. The Morgan fingerprint density at radius 1 is 1.43 bits per heavy atom. The maximum Gasteiger partial charge on any atom is 0.360 e. The first kappa shape index (κ1) is 15.0. The number of benzene rings is 1. The minimum absolute atomic E-state index is 0.117. The quantitative estimate of drug-likeness (QED) is 0.826. The second-order valence-corrected chi connectivity index (χ2v) is 4.39. The number of rotatable bonds is 6. The highest BCUT2D eigenvalue weighted by Gasteiger charge is 2.14. The van der Waals surface area contributed by atoms with Gasteiger partial charge in [-0.05, 0) is 12.5 Å². The monoisotopic (exact) mass is 287 g/mol.